The van der Waals surface area contributed by atoms with E-state index in [9.17, 15) is 13.6 Å². The Morgan fingerprint density at radius 3 is 2.77 bits per heavy atom. The van der Waals surface area contributed by atoms with Gasteiger partial charge in [-0.15, -0.1) is 21.5 Å². The van der Waals surface area contributed by atoms with Gasteiger partial charge in [0.2, 0.25) is 0 Å². The normalized spacial score (nSPS) is 24.9. The highest BCUT2D eigenvalue weighted by Gasteiger charge is 2.44. The Kier molecular flexibility index (Phi) is 4.92. The molecule has 3 heterocycles. The van der Waals surface area contributed by atoms with Crippen LogP contribution in [0.25, 0.3) is 0 Å². The highest BCUT2D eigenvalue weighted by atomic mass is 79.9. The first-order valence-electron chi connectivity index (χ1n) is 8.44. The molecule has 2 aromatic rings. The summed E-state index contributed by atoms with van der Waals surface area (Å²) in [6, 6.07) is 6.81. The highest BCUT2D eigenvalue weighted by molar-refractivity contribution is 9.10. The number of alkyl halides is 2. The van der Waals surface area contributed by atoms with E-state index < -0.39 is 6.43 Å². The number of fused-ring (bicyclic) bond motifs is 1. The van der Waals surface area contributed by atoms with Gasteiger partial charge in [0.15, 0.2) is 0 Å². The van der Waals surface area contributed by atoms with Crippen molar-refractivity contribution in [2.75, 3.05) is 18.4 Å². The molecular weight excluding hydrogens is 426 g/mol. The van der Waals surface area contributed by atoms with Crippen LogP contribution in [0, 0.1) is 11.8 Å². The number of likely N-dealkylation sites (tertiary alicyclic amines) is 1. The van der Waals surface area contributed by atoms with E-state index in [-0.39, 0.29) is 16.8 Å². The quantitative estimate of drug-likeness (QED) is 0.770. The molecule has 26 heavy (non-hydrogen) atoms. The Hall–Kier alpha value is -1.61. The van der Waals surface area contributed by atoms with Crippen molar-refractivity contribution in [3.8, 4) is 0 Å². The summed E-state index contributed by atoms with van der Waals surface area (Å²) < 4.78 is 26.2. The zero-order valence-corrected chi connectivity index (χ0v) is 16.1. The molecule has 0 spiro atoms. The van der Waals surface area contributed by atoms with Crippen molar-refractivity contribution in [1.29, 1.82) is 0 Å². The fourth-order valence-corrected chi connectivity index (χ4v) is 4.98. The van der Waals surface area contributed by atoms with Crippen molar-refractivity contribution in [3.05, 3.63) is 38.6 Å². The maximum absolute atomic E-state index is 12.8. The fraction of sp³-hybridized carbons (Fsp3) is 0.471. The minimum atomic E-state index is -2.53. The first kappa shape index (κ1) is 17.8. The van der Waals surface area contributed by atoms with Crippen LogP contribution in [0.15, 0.2) is 28.9 Å². The number of thiophene rings is 1. The summed E-state index contributed by atoms with van der Waals surface area (Å²) in [5.74, 6) is 1.37. The number of carbonyl (C=O) groups is 1. The lowest BCUT2D eigenvalue weighted by Gasteiger charge is -2.21. The summed E-state index contributed by atoms with van der Waals surface area (Å²) in [4.78, 5) is 14.8. The molecule has 0 bridgehead atoms. The van der Waals surface area contributed by atoms with E-state index in [2.05, 4.69) is 31.4 Å². The third-order valence-electron chi connectivity index (χ3n) is 5.16. The third kappa shape index (κ3) is 3.46. The molecule has 0 radical (unpaired) electrons. The van der Waals surface area contributed by atoms with Crippen LogP contribution in [0.2, 0.25) is 0 Å². The maximum Gasteiger partial charge on any atom is 0.272 e. The Labute approximate surface area is 161 Å². The number of nitrogens with one attached hydrogen (secondary N) is 1. The predicted octanol–water partition coefficient (Wildman–Crippen LogP) is 4.20. The molecule has 2 aromatic heterocycles. The number of hydrogen-bond acceptors (Lipinski definition) is 5. The van der Waals surface area contributed by atoms with Crippen molar-refractivity contribution in [2.24, 2.45) is 11.8 Å². The molecule has 1 aliphatic heterocycles. The molecule has 1 saturated carbocycles. The highest BCUT2D eigenvalue weighted by Crippen LogP contribution is 2.40. The van der Waals surface area contributed by atoms with Gasteiger partial charge >= 0.3 is 0 Å². The van der Waals surface area contributed by atoms with Gasteiger partial charge in [-0.3, -0.25) is 4.79 Å². The predicted molar refractivity (Wildman–Crippen MR) is 98.5 cm³/mol. The zero-order chi connectivity index (χ0) is 18.3. The summed E-state index contributed by atoms with van der Waals surface area (Å²) in [6.07, 6.45) is -0.452. The molecule has 2 fully saturated rings. The van der Waals surface area contributed by atoms with Gasteiger partial charge in [0, 0.05) is 25.0 Å². The standard InChI is InChI=1S/C17H17BrF2N4OS/c18-14-5-6-15(23-22-14)21-11-2-1-9-7-24(8-10(9)11)17(25)13-4-3-12(26-13)16(19)20/h3-6,9-11,16H,1-2,7-8H2,(H,21,23)/t9-,10+,11+/m0/s1. The molecule has 2 aliphatic rings. The molecule has 9 heteroatoms. The van der Waals surface area contributed by atoms with Crippen molar-refractivity contribution in [2.45, 2.75) is 25.3 Å². The number of amides is 1. The fourth-order valence-electron chi connectivity index (χ4n) is 3.93. The molecule has 4 rings (SSSR count). The molecule has 3 atom stereocenters. The van der Waals surface area contributed by atoms with Crippen LogP contribution in [-0.2, 0) is 0 Å². The van der Waals surface area contributed by atoms with E-state index >= 15 is 0 Å². The molecule has 5 nitrogen and oxygen atoms in total. The zero-order valence-electron chi connectivity index (χ0n) is 13.7. The second-order valence-corrected chi connectivity index (χ2v) is 8.63. The lowest BCUT2D eigenvalue weighted by atomic mass is 9.98. The molecular formula is C17H17BrF2N4OS. The second kappa shape index (κ2) is 7.19. The van der Waals surface area contributed by atoms with Gasteiger partial charge < -0.3 is 10.2 Å². The van der Waals surface area contributed by atoms with Gasteiger partial charge in [-0.05, 0) is 59.0 Å². The van der Waals surface area contributed by atoms with Crippen molar-refractivity contribution < 1.29 is 13.6 Å². The molecule has 0 aromatic carbocycles. The summed E-state index contributed by atoms with van der Waals surface area (Å²) in [5.41, 5.74) is 0. The van der Waals surface area contributed by atoms with E-state index in [1.54, 1.807) is 4.90 Å². The van der Waals surface area contributed by atoms with Gasteiger partial charge in [-0.25, -0.2) is 8.78 Å². The van der Waals surface area contributed by atoms with E-state index in [4.69, 9.17) is 0 Å². The smallest absolute Gasteiger partial charge is 0.272 e. The number of halogens is 3. The number of anilines is 1. The number of aromatic nitrogens is 2. The van der Waals surface area contributed by atoms with Gasteiger partial charge in [0.05, 0.1) is 9.75 Å². The molecule has 1 saturated heterocycles. The van der Waals surface area contributed by atoms with Crippen LogP contribution >= 0.6 is 27.3 Å². The van der Waals surface area contributed by atoms with Gasteiger partial charge in [-0.2, -0.15) is 0 Å². The molecule has 1 N–H and O–H groups in total. The van der Waals surface area contributed by atoms with E-state index in [0.29, 0.717) is 34.4 Å². The van der Waals surface area contributed by atoms with Gasteiger partial charge in [0.25, 0.3) is 12.3 Å². The Bertz CT molecular complexity index is 800. The van der Waals surface area contributed by atoms with Crippen molar-refractivity contribution >= 4 is 39.0 Å². The van der Waals surface area contributed by atoms with Crippen LogP contribution in [0.4, 0.5) is 14.6 Å². The van der Waals surface area contributed by atoms with Crippen LogP contribution in [-0.4, -0.2) is 40.1 Å². The van der Waals surface area contributed by atoms with Gasteiger partial charge in [-0.1, -0.05) is 0 Å². The average molecular weight is 443 g/mol. The molecule has 1 amide bonds. The maximum atomic E-state index is 12.8. The van der Waals surface area contributed by atoms with Crippen LogP contribution in [0.1, 0.15) is 33.8 Å². The molecule has 138 valence electrons. The molecule has 1 aliphatic carbocycles. The largest absolute Gasteiger partial charge is 0.365 e. The monoisotopic (exact) mass is 442 g/mol. The minimum Gasteiger partial charge on any atom is -0.365 e. The summed E-state index contributed by atoms with van der Waals surface area (Å²) in [5, 5.41) is 11.5. The van der Waals surface area contributed by atoms with Gasteiger partial charge in [0.1, 0.15) is 10.4 Å². The number of hydrogen-bond donors (Lipinski definition) is 1. The number of carbonyl (C=O) groups excluding carboxylic acids is 1. The topological polar surface area (TPSA) is 58.1 Å². The summed E-state index contributed by atoms with van der Waals surface area (Å²) in [7, 11) is 0. The lowest BCUT2D eigenvalue weighted by Crippen LogP contribution is -2.33. The summed E-state index contributed by atoms with van der Waals surface area (Å²) in [6.45, 7) is 1.34. The molecule has 0 unspecified atom stereocenters. The average Bonchev–Trinajstić information content (AvgIpc) is 3.33. The van der Waals surface area contributed by atoms with E-state index in [1.165, 1.54) is 12.1 Å². The number of nitrogens with zero attached hydrogens (tertiary/aromatic N) is 3. The Morgan fingerprint density at radius 1 is 1.23 bits per heavy atom. The SMILES string of the molecule is O=C(c1ccc(C(F)F)s1)N1C[C@@H]2CC[C@@H](Nc3ccc(Br)nn3)[C@@H]2C1. The Morgan fingerprint density at radius 2 is 2.08 bits per heavy atom. The van der Waals surface area contributed by atoms with Crippen LogP contribution in [0.3, 0.4) is 0 Å². The van der Waals surface area contributed by atoms with Crippen molar-refractivity contribution in [3.63, 3.8) is 0 Å². The van der Waals surface area contributed by atoms with Crippen LogP contribution in [0.5, 0.6) is 0 Å². The first-order valence-corrected chi connectivity index (χ1v) is 10.0. The first-order chi connectivity index (χ1) is 12.5. The lowest BCUT2D eigenvalue weighted by molar-refractivity contribution is 0.0785. The Balaban J connectivity index is 1.42. The van der Waals surface area contributed by atoms with Crippen LogP contribution < -0.4 is 5.32 Å². The second-order valence-electron chi connectivity index (χ2n) is 6.71. The number of rotatable bonds is 4. The summed E-state index contributed by atoms with van der Waals surface area (Å²) >= 11 is 4.16. The van der Waals surface area contributed by atoms with E-state index in [0.717, 1.165) is 30.0 Å². The van der Waals surface area contributed by atoms with Crippen molar-refractivity contribution in [1.82, 2.24) is 15.1 Å². The third-order valence-corrected chi connectivity index (χ3v) is 6.67. The van der Waals surface area contributed by atoms with E-state index in [1.807, 2.05) is 12.1 Å². The minimum absolute atomic E-state index is 0.0545.